The molecule has 0 saturated carbocycles. The molecule has 0 aromatic rings. The average molecular weight is 274 g/mol. The van der Waals surface area contributed by atoms with Crippen molar-refractivity contribution in [3.63, 3.8) is 0 Å². The van der Waals surface area contributed by atoms with Gasteiger partial charge in [-0.3, -0.25) is 4.55 Å². The van der Waals surface area contributed by atoms with Crippen LogP contribution in [-0.4, -0.2) is 43.9 Å². The molecule has 106 valence electrons. The lowest BCUT2D eigenvalue weighted by Crippen LogP contribution is -2.40. The number of hydrogen-bond acceptors (Lipinski definition) is 6. The second-order valence-electron chi connectivity index (χ2n) is 2.73. The summed E-state index contributed by atoms with van der Waals surface area (Å²) < 4.78 is 43.9. The van der Waals surface area contributed by atoms with Gasteiger partial charge in [0.15, 0.2) is 0 Å². The Bertz CT molecular complexity index is 257. The Hall–Kier alpha value is -0.250. The van der Waals surface area contributed by atoms with Gasteiger partial charge in [0.25, 0.3) is 5.97 Å². The predicted octanol–water partition coefficient (Wildman–Crippen LogP) is 0.941. The van der Waals surface area contributed by atoms with Crippen LogP contribution in [0.1, 0.15) is 34.1 Å². The van der Waals surface area contributed by atoms with E-state index in [1.165, 1.54) is 0 Å². The van der Waals surface area contributed by atoms with Gasteiger partial charge in [0.05, 0.1) is 0 Å². The molecule has 0 fully saturated rings. The minimum Gasteiger partial charge on any atom is -0.397 e. The molecule has 0 aromatic carbocycles. The van der Waals surface area contributed by atoms with E-state index in [-0.39, 0.29) is 26.2 Å². The lowest BCUT2D eigenvalue weighted by molar-refractivity contribution is -0.341. The number of hydrogen-bond donors (Lipinski definition) is 2. The zero-order chi connectivity index (χ0) is 13.9. The van der Waals surface area contributed by atoms with E-state index < -0.39 is 16.4 Å². The van der Waals surface area contributed by atoms with E-state index in [1.807, 2.05) is 0 Å². The van der Waals surface area contributed by atoms with Gasteiger partial charge in [-0.2, -0.15) is 12.6 Å². The van der Waals surface area contributed by atoms with Gasteiger partial charge in [-0.05, 0) is 20.8 Å². The van der Waals surface area contributed by atoms with Crippen molar-refractivity contribution >= 4 is 10.4 Å². The minimum atomic E-state index is -4.59. The van der Waals surface area contributed by atoms with Crippen molar-refractivity contribution in [1.82, 2.24) is 0 Å². The molecule has 0 atom stereocenters. The molecule has 0 aliphatic rings. The van der Waals surface area contributed by atoms with Crippen LogP contribution in [-0.2, 0) is 24.1 Å². The molecular weight excluding hydrogens is 252 g/mol. The summed E-state index contributed by atoms with van der Waals surface area (Å²) in [5, 5.41) is 7.57. The number of aliphatic hydroxyl groups excluding tert-OH is 1. The van der Waals surface area contributed by atoms with E-state index in [4.69, 9.17) is 19.1 Å². The molecule has 17 heavy (non-hydrogen) atoms. The van der Waals surface area contributed by atoms with Crippen molar-refractivity contribution in [3.05, 3.63) is 0 Å². The highest BCUT2D eigenvalue weighted by Crippen LogP contribution is 2.21. The summed E-state index contributed by atoms with van der Waals surface area (Å²) in [5.74, 6) is -1.71. The van der Waals surface area contributed by atoms with E-state index in [2.05, 4.69) is 4.18 Å². The van der Waals surface area contributed by atoms with E-state index in [9.17, 15) is 8.42 Å². The number of aliphatic hydroxyl groups is 1. The fourth-order valence-electron chi connectivity index (χ4n) is 0.953. The first-order chi connectivity index (χ1) is 7.80. The highest BCUT2D eigenvalue weighted by Gasteiger charge is 2.36. The summed E-state index contributed by atoms with van der Waals surface area (Å²) in [6, 6.07) is 0. The summed E-state index contributed by atoms with van der Waals surface area (Å²) in [5.41, 5.74) is 0. The SMILES string of the molecule is CCO.CCOC(CC)(OCC)OS(=O)(=O)O. The van der Waals surface area contributed by atoms with Crippen molar-refractivity contribution < 1.29 is 31.7 Å². The molecule has 2 N–H and O–H groups in total. The Morgan fingerprint density at radius 3 is 1.59 bits per heavy atom. The second-order valence-corrected chi connectivity index (χ2v) is 3.75. The van der Waals surface area contributed by atoms with Gasteiger partial charge < -0.3 is 14.6 Å². The van der Waals surface area contributed by atoms with E-state index in [0.717, 1.165) is 0 Å². The molecule has 0 radical (unpaired) electrons. The molecular formula is C9H22O7S. The second kappa shape index (κ2) is 9.75. The smallest absolute Gasteiger partial charge is 0.397 e. The Labute approximate surface area is 103 Å². The molecule has 0 bridgehead atoms. The summed E-state index contributed by atoms with van der Waals surface area (Å²) >= 11 is 0. The highest BCUT2D eigenvalue weighted by molar-refractivity contribution is 7.80. The lowest BCUT2D eigenvalue weighted by Gasteiger charge is -2.29. The van der Waals surface area contributed by atoms with Gasteiger partial charge in [0.2, 0.25) is 0 Å². The van der Waals surface area contributed by atoms with Gasteiger partial charge >= 0.3 is 10.4 Å². The van der Waals surface area contributed by atoms with Gasteiger partial charge in [-0.1, -0.05) is 6.92 Å². The van der Waals surface area contributed by atoms with Crippen LogP contribution in [0.15, 0.2) is 0 Å². The van der Waals surface area contributed by atoms with Crippen molar-refractivity contribution in [3.8, 4) is 0 Å². The minimum absolute atomic E-state index is 0.147. The maximum Gasteiger partial charge on any atom is 0.401 e. The number of rotatable bonds is 7. The molecule has 0 amide bonds. The molecule has 0 heterocycles. The molecule has 0 unspecified atom stereocenters. The van der Waals surface area contributed by atoms with Gasteiger partial charge in [-0.25, -0.2) is 0 Å². The van der Waals surface area contributed by atoms with E-state index in [0.29, 0.717) is 0 Å². The third-order valence-corrected chi connectivity index (χ3v) is 1.86. The lowest BCUT2D eigenvalue weighted by atomic mass is 10.4. The first-order valence-corrected chi connectivity index (χ1v) is 6.74. The van der Waals surface area contributed by atoms with Crippen LogP contribution in [0.4, 0.5) is 0 Å². The summed E-state index contributed by atoms with van der Waals surface area (Å²) in [6.45, 7) is 7.30. The van der Waals surface area contributed by atoms with Gasteiger partial charge in [-0.15, -0.1) is 0 Å². The average Bonchev–Trinajstić information content (AvgIpc) is 2.17. The van der Waals surface area contributed by atoms with Crippen LogP contribution >= 0.6 is 0 Å². The molecule has 0 spiro atoms. The highest BCUT2D eigenvalue weighted by atomic mass is 32.3. The first kappa shape index (κ1) is 19.1. The van der Waals surface area contributed by atoms with Crippen LogP contribution in [0.2, 0.25) is 0 Å². The fourth-order valence-corrected chi connectivity index (χ4v) is 1.49. The van der Waals surface area contributed by atoms with Crippen LogP contribution in [0.25, 0.3) is 0 Å². The number of ether oxygens (including phenoxy) is 2. The maximum absolute atomic E-state index is 10.5. The molecule has 0 saturated heterocycles. The third-order valence-electron chi connectivity index (χ3n) is 1.39. The summed E-state index contributed by atoms with van der Waals surface area (Å²) in [4.78, 5) is 0. The molecule has 8 heteroatoms. The van der Waals surface area contributed by atoms with E-state index in [1.54, 1.807) is 27.7 Å². The van der Waals surface area contributed by atoms with Crippen molar-refractivity contribution in [2.24, 2.45) is 0 Å². The maximum atomic E-state index is 10.5. The fraction of sp³-hybridized carbons (Fsp3) is 1.00. The Morgan fingerprint density at radius 2 is 1.41 bits per heavy atom. The molecule has 7 nitrogen and oxygen atoms in total. The zero-order valence-electron chi connectivity index (χ0n) is 10.7. The van der Waals surface area contributed by atoms with Crippen LogP contribution in [0, 0.1) is 0 Å². The van der Waals surface area contributed by atoms with Crippen molar-refractivity contribution in [1.29, 1.82) is 0 Å². The first-order valence-electron chi connectivity index (χ1n) is 5.37. The quantitative estimate of drug-likeness (QED) is 0.526. The standard InChI is InChI=1S/C7H16O6S.C2H6O/c1-4-7(11-5-2,12-6-3)13-14(8,9)10;1-2-3/h4-6H2,1-3H3,(H,8,9,10);3H,2H2,1H3. The topological polar surface area (TPSA) is 102 Å². The van der Waals surface area contributed by atoms with Crippen molar-refractivity contribution in [2.75, 3.05) is 19.8 Å². The molecule has 0 aromatic heterocycles. The largest absolute Gasteiger partial charge is 0.401 e. The third kappa shape index (κ3) is 10.6. The summed E-state index contributed by atoms with van der Waals surface area (Å²) in [6.07, 6.45) is 0.147. The Morgan fingerprint density at radius 1 is 1.06 bits per heavy atom. The van der Waals surface area contributed by atoms with Gasteiger partial charge in [0, 0.05) is 26.2 Å². The monoisotopic (exact) mass is 274 g/mol. The van der Waals surface area contributed by atoms with Crippen LogP contribution in [0.3, 0.4) is 0 Å². The van der Waals surface area contributed by atoms with Crippen LogP contribution in [0.5, 0.6) is 0 Å². The molecule has 0 rings (SSSR count). The predicted molar refractivity (Wildman–Crippen MR) is 61.7 cm³/mol. The molecule has 0 aliphatic carbocycles. The Balaban J connectivity index is 0. The van der Waals surface area contributed by atoms with Crippen molar-refractivity contribution in [2.45, 2.75) is 40.1 Å². The molecule has 0 aliphatic heterocycles. The van der Waals surface area contributed by atoms with Gasteiger partial charge in [0.1, 0.15) is 0 Å². The summed E-state index contributed by atoms with van der Waals surface area (Å²) in [7, 11) is -4.59. The van der Waals surface area contributed by atoms with Crippen LogP contribution < -0.4 is 0 Å². The normalized spacial score (nSPS) is 11.9. The Kier molecular flexibility index (Phi) is 10.9. The zero-order valence-corrected chi connectivity index (χ0v) is 11.5. The van der Waals surface area contributed by atoms with E-state index >= 15 is 0 Å².